The van der Waals surface area contributed by atoms with E-state index >= 15 is 0 Å². The van der Waals surface area contributed by atoms with Crippen molar-refractivity contribution in [3.63, 3.8) is 0 Å². The molecule has 0 saturated carbocycles. The molecule has 59 valence electrons. The summed E-state index contributed by atoms with van der Waals surface area (Å²) in [5.41, 5.74) is 0. The summed E-state index contributed by atoms with van der Waals surface area (Å²) < 4.78 is 0. The molecule has 0 rings (SSSR count). The molecule has 0 spiro atoms. The van der Waals surface area contributed by atoms with Crippen LogP contribution in [0.1, 0.15) is 6.42 Å². The van der Waals surface area contributed by atoms with Crippen LogP contribution in [0.5, 0.6) is 0 Å². The van der Waals surface area contributed by atoms with Crippen molar-refractivity contribution in [3.8, 4) is 0 Å². The summed E-state index contributed by atoms with van der Waals surface area (Å²) in [6, 6.07) is 0. The molecule has 0 bridgehead atoms. The molecule has 0 aliphatic carbocycles. The van der Waals surface area contributed by atoms with Gasteiger partial charge >= 0.3 is 0 Å². The Morgan fingerprint density at radius 1 is 1.50 bits per heavy atom. The molecule has 0 heterocycles. The van der Waals surface area contributed by atoms with Crippen molar-refractivity contribution in [1.29, 1.82) is 0 Å². The standard InChI is InChI=1S/C7H15N2O/c1-9(2)6-3-4-8-5-7-10/h8H,3-6H2,1-2H3. The van der Waals surface area contributed by atoms with Gasteiger partial charge in [0.05, 0.1) is 6.54 Å². The van der Waals surface area contributed by atoms with E-state index in [1.165, 1.54) is 0 Å². The van der Waals surface area contributed by atoms with E-state index in [0.29, 0.717) is 6.54 Å². The van der Waals surface area contributed by atoms with Crippen LogP contribution in [-0.2, 0) is 4.79 Å². The molecule has 1 radical (unpaired) electrons. The minimum atomic E-state index is 0.355. The van der Waals surface area contributed by atoms with Crippen molar-refractivity contribution in [1.82, 2.24) is 10.2 Å². The van der Waals surface area contributed by atoms with Gasteiger partial charge in [0.15, 0.2) is 0 Å². The van der Waals surface area contributed by atoms with E-state index in [9.17, 15) is 4.79 Å². The lowest BCUT2D eigenvalue weighted by Gasteiger charge is -2.07. The first-order valence-electron chi connectivity index (χ1n) is 3.48. The number of carbonyl (C=O) groups excluding carboxylic acids is 1. The second-order valence-electron chi connectivity index (χ2n) is 2.48. The fourth-order valence-corrected chi connectivity index (χ4v) is 0.660. The Morgan fingerprint density at radius 2 is 2.20 bits per heavy atom. The zero-order chi connectivity index (χ0) is 7.82. The Bertz CT molecular complexity index is 83.7. The third kappa shape index (κ3) is 7.59. The zero-order valence-corrected chi connectivity index (χ0v) is 6.68. The Morgan fingerprint density at radius 3 is 2.70 bits per heavy atom. The number of nitrogens with one attached hydrogen (secondary N) is 1. The van der Waals surface area contributed by atoms with E-state index in [4.69, 9.17) is 0 Å². The van der Waals surface area contributed by atoms with Gasteiger partial charge in [0.2, 0.25) is 6.29 Å². The lowest BCUT2D eigenvalue weighted by Crippen LogP contribution is -2.22. The first kappa shape index (κ1) is 9.59. The lowest BCUT2D eigenvalue weighted by molar-refractivity contribution is 0.396. The molecule has 0 saturated heterocycles. The van der Waals surface area contributed by atoms with E-state index < -0.39 is 0 Å². The molecule has 0 aromatic heterocycles. The second-order valence-corrected chi connectivity index (χ2v) is 2.48. The minimum Gasteiger partial charge on any atom is -0.310 e. The van der Waals surface area contributed by atoms with E-state index in [0.717, 1.165) is 19.5 Å². The summed E-state index contributed by atoms with van der Waals surface area (Å²) in [6.45, 7) is 2.31. The monoisotopic (exact) mass is 143 g/mol. The SMILES string of the molecule is CN(C)CCCNC[C]=O. The van der Waals surface area contributed by atoms with Crippen LogP contribution in [0.4, 0.5) is 0 Å². The van der Waals surface area contributed by atoms with Crippen molar-refractivity contribution >= 4 is 6.29 Å². The molecule has 0 aromatic carbocycles. The molecule has 0 aliphatic rings. The molecule has 0 fully saturated rings. The van der Waals surface area contributed by atoms with Gasteiger partial charge in [-0.2, -0.15) is 0 Å². The molecule has 3 heteroatoms. The molecule has 3 nitrogen and oxygen atoms in total. The summed E-state index contributed by atoms with van der Waals surface area (Å²) >= 11 is 0. The summed E-state index contributed by atoms with van der Waals surface area (Å²) in [5.74, 6) is 0. The van der Waals surface area contributed by atoms with Gasteiger partial charge < -0.3 is 10.2 Å². The van der Waals surface area contributed by atoms with E-state index in [1.54, 1.807) is 6.29 Å². The predicted octanol–water partition coefficient (Wildman–Crippen LogP) is -0.363. The lowest BCUT2D eigenvalue weighted by atomic mass is 10.4. The highest BCUT2D eigenvalue weighted by molar-refractivity contribution is 5.52. The zero-order valence-electron chi connectivity index (χ0n) is 6.68. The highest BCUT2D eigenvalue weighted by Crippen LogP contribution is 1.79. The Hall–Kier alpha value is -0.410. The van der Waals surface area contributed by atoms with Gasteiger partial charge in [-0.25, -0.2) is 0 Å². The Labute approximate surface area is 62.4 Å². The van der Waals surface area contributed by atoms with Crippen molar-refractivity contribution in [2.75, 3.05) is 33.7 Å². The Kier molecular flexibility index (Phi) is 6.43. The average Bonchev–Trinajstić information content (AvgIpc) is 1.87. The van der Waals surface area contributed by atoms with Crippen LogP contribution in [0.15, 0.2) is 0 Å². The highest BCUT2D eigenvalue weighted by Gasteiger charge is 1.88. The van der Waals surface area contributed by atoms with Crippen molar-refractivity contribution in [3.05, 3.63) is 0 Å². The molecule has 0 aromatic rings. The first-order valence-corrected chi connectivity index (χ1v) is 3.48. The maximum atomic E-state index is 9.70. The molecular formula is C7H15N2O. The predicted molar refractivity (Wildman–Crippen MR) is 41.7 cm³/mol. The molecule has 0 atom stereocenters. The molecule has 0 aliphatic heterocycles. The maximum absolute atomic E-state index is 9.70. The quantitative estimate of drug-likeness (QED) is 0.515. The van der Waals surface area contributed by atoms with Crippen LogP contribution < -0.4 is 5.32 Å². The average molecular weight is 143 g/mol. The van der Waals surface area contributed by atoms with Gasteiger partial charge in [-0.1, -0.05) is 0 Å². The van der Waals surface area contributed by atoms with Crippen LogP contribution in [0.3, 0.4) is 0 Å². The highest BCUT2D eigenvalue weighted by atomic mass is 16.1. The number of hydrogen-bond donors (Lipinski definition) is 1. The first-order chi connectivity index (χ1) is 4.77. The number of hydrogen-bond acceptors (Lipinski definition) is 3. The number of nitrogens with zero attached hydrogens (tertiary/aromatic N) is 1. The van der Waals surface area contributed by atoms with Crippen LogP contribution in [0.2, 0.25) is 0 Å². The van der Waals surface area contributed by atoms with Crippen LogP contribution >= 0.6 is 0 Å². The summed E-state index contributed by atoms with van der Waals surface area (Å²) in [6.07, 6.45) is 2.86. The maximum Gasteiger partial charge on any atom is 0.213 e. The van der Waals surface area contributed by atoms with Crippen LogP contribution in [-0.4, -0.2) is 44.9 Å². The summed E-state index contributed by atoms with van der Waals surface area (Å²) in [4.78, 5) is 11.8. The van der Waals surface area contributed by atoms with Gasteiger partial charge in [-0.15, -0.1) is 0 Å². The molecule has 1 N–H and O–H groups in total. The van der Waals surface area contributed by atoms with E-state index in [1.807, 2.05) is 14.1 Å². The number of rotatable bonds is 6. The molecule has 10 heavy (non-hydrogen) atoms. The fraction of sp³-hybridized carbons (Fsp3) is 0.857. The van der Waals surface area contributed by atoms with Crippen molar-refractivity contribution in [2.24, 2.45) is 0 Å². The van der Waals surface area contributed by atoms with Gasteiger partial charge in [-0.3, -0.25) is 4.79 Å². The second kappa shape index (κ2) is 6.71. The van der Waals surface area contributed by atoms with Gasteiger partial charge in [0.25, 0.3) is 0 Å². The van der Waals surface area contributed by atoms with Gasteiger partial charge in [0.1, 0.15) is 0 Å². The van der Waals surface area contributed by atoms with E-state index in [2.05, 4.69) is 10.2 Å². The third-order valence-electron chi connectivity index (χ3n) is 1.16. The van der Waals surface area contributed by atoms with E-state index in [-0.39, 0.29) is 0 Å². The van der Waals surface area contributed by atoms with Gasteiger partial charge in [0, 0.05) is 0 Å². The summed E-state index contributed by atoms with van der Waals surface area (Å²) in [5, 5.41) is 2.94. The Balaban J connectivity index is 2.83. The smallest absolute Gasteiger partial charge is 0.213 e. The largest absolute Gasteiger partial charge is 0.310 e. The topological polar surface area (TPSA) is 32.3 Å². The summed E-state index contributed by atoms with van der Waals surface area (Å²) in [7, 11) is 4.07. The van der Waals surface area contributed by atoms with Crippen LogP contribution in [0.25, 0.3) is 0 Å². The van der Waals surface area contributed by atoms with Crippen LogP contribution in [0, 0.1) is 0 Å². The minimum absolute atomic E-state index is 0.355. The normalized spacial score (nSPS) is 10.3. The molecule has 0 amide bonds. The third-order valence-corrected chi connectivity index (χ3v) is 1.16. The van der Waals surface area contributed by atoms with Crippen molar-refractivity contribution in [2.45, 2.75) is 6.42 Å². The fourth-order valence-electron chi connectivity index (χ4n) is 0.660. The molecular weight excluding hydrogens is 128 g/mol. The van der Waals surface area contributed by atoms with Crippen molar-refractivity contribution < 1.29 is 4.79 Å². The molecule has 0 unspecified atom stereocenters. The van der Waals surface area contributed by atoms with Gasteiger partial charge in [-0.05, 0) is 33.6 Å².